The molecule has 1 rings (SSSR count). The maximum absolute atomic E-state index is 11.4. The average Bonchev–Trinajstić information content (AvgIpc) is 2.42. The molecule has 3 N–H and O–H groups in total. The van der Waals surface area contributed by atoms with Crippen molar-refractivity contribution >= 4 is 11.9 Å². The van der Waals surface area contributed by atoms with E-state index < -0.39 is 12.0 Å². The van der Waals surface area contributed by atoms with Gasteiger partial charge in [-0.05, 0) is 19.1 Å². The standard InChI is InChI=1S/C13H18N2O4/c1-10(13(17)18)15-9-12(16)14-7-8-19-11-5-3-2-4-6-11/h2-6,10,15H,7-9H2,1H3,(H,14,16)(H,17,18)/t10-/m0/s1. The molecular weight excluding hydrogens is 248 g/mol. The summed E-state index contributed by atoms with van der Waals surface area (Å²) in [4.78, 5) is 21.9. The molecule has 0 aliphatic rings. The Morgan fingerprint density at radius 3 is 2.63 bits per heavy atom. The minimum Gasteiger partial charge on any atom is -0.492 e. The zero-order chi connectivity index (χ0) is 14.1. The summed E-state index contributed by atoms with van der Waals surface area (Å²) in [5, 5.41) is 13.8. The number of nitrogens with one attached hydrogen (secondary N) is 2. The molecule has 0 spiro atoms. The van der Waals surface area contributed by atoms with E-state index in [-0.39, 0.29) is 12.5 Å². The summed E-state index contributed by atoms with van der Waals surface area (Å²) in [6, 6.07) is 8.54. The highest BCUT2D eigenvalue weighted by Crippen LogP contribution is 2.07. The quantitative estimate of drug-likeness (QED) is 0.587. The van der Waals surface area contributed by atoms with Gasteiger partial charge in [0.15, 0.2) is 0 Å². The molecule has 0 aliphatic heterocycles. The fraction of sp³-hybridized carbons (Fsp3) is 0.385. The second-order valence-electron chi connectivity index (χ2n) is 3.95. The van der Waals surface area contributed by atoms with Crippen LogP contribution in [0.2, 0.25) is 0 Å². The highest BCUT2D eigenvalue weighted by atomic mass is 16.5. The second-order valence-corrected chi connectivity index (χ2v) is 3.95. The smallest absolute Gasteiger partial charge is 0.320 e. The molecule has 0 saturated carbocycles. The second kappa shape index (κ2) is 8.10. The van der Waals surface area contributed by atoms with Crippen molar-refractivity contribution in [3.05, 3.63) is 30.3 Å². The van der Waals surface area contributed by atoms with Crippen LogP contribution in [0.4, 0.5) is 0 Å². The molecular formula is C13H18N2O4. The van der Waals surface area contributed by atoms with Crippen LogP contribution >= 0.6 is 0 Å². The van der Waals surface area contributed by atoms with E-state index >= 15 is 0 Å². The predicted molar refractivity (Wildman–Crippen MR) is 70.0 cm³/mol. The normalized spacial score (nSPS) is 11.6. The third-order valence-electron chi connectivity index (χ3n) is 2.38. The predicted octanol–water partition coefficient (Wildman–Crippen LogP) is 0.244. The van der Waals surface area contributed by atoms with Gasteiger partial charge in [0.05, 0.1) is 13.1 Å². The van der Waals surface area contributed by atoms with Crippen molar-refractivity contribution in [2.75, 3.05) is 19.7 Å². The Labute approximate surface area is 111 Å². The zero-order valence-electron chi connectivity index (χ0n) is 10.8. The molecule has 0 aromatic heterocycles. The summed E-state index contributed by atoms with van der Waals surface area (Å²) in [6.07, 6.45) is 0. The molecule has 1 amide bonds. The molecule has 0 bridgehead atoms. The Morgan fingerprint density at radius 2 is 2.00 bits per heavy atom. The lowest BCUT2D eigenvalue weighted by Gasteiger charge is -2.10. The average molecular weight is 266 g/mol. The van der Waals surface area contributed by atoms with Gasteiger partial charge in [-0.2, -0.15) is 0 Å². The molecule has 6 nitrogen and oxygen atoms in total. The van der Waals surface area contributed by atoms with Crippen LogP contribution in [-0.4, -0.2) is 42.7 Å². The lowest BCUT2D eigenvalue weighted by atomic mass is 10.3. The molecule has 0 fully saturated rings. The van der Waals surface area contributed by atoms with Crippen molar-refractivity contribution in [1.82, 2.24) is 10.6 Å². The lowest BCUT2D eigenvalue weighted by molar-refractivity contribution is -0.139. The number of amides is 1. The minimum atomic E-state index is -0.986. The Hall–Kier alpha value is -2.08. The summed E-state index contributed by atoms with van der Waals surface area (Å²) in [5.41, 5.74) is 0. The first-order chi connectivity index (χ1) is 9.09. The van der Waals surface area contributed by atoms with Gasteiger partial charge in [0, 0.05) is 0 Å². The van der Waals surface area contributed by atoms with Crippen LogP contribution in [-0.2, 0) is 9.59 Å². The Bertz CT molecular complexity index is 408. The molecule has 0 heterocycles. The third-order valence-corrected chi connectivity index (χ3v) is 2.38. The molecule has 6 heteroatoms. The van der Waals surface area contributed by atoms with E-state index in [4.69, 9.17) is 9.84 Å². The number of benzene rings is 1. The molecule has 1 aromatic carbocycles. The van der Waals surface area contributed by atoms with Crippen molar-refractivity contribution in [3.63, 3.8) is 0 Å². The number of para-hydroxylation sites is 1. The number of hydrogen-bond donors (Lipinski definition) is 3. The van der Waals surface area contributed by atoms with E-state index in [1.54, 1.807) is 0 Å². The Morgan fingerprint density at radius 1 is 1.32 bits per heavy atom. The third kappa shape index (κ3) is 6.42. The summed E-state index contributed by atoms with van der Waals surface area (Å²) >= 11 is 0. The van der Waals surface area contributed by atoms with Crippen LogP contribution in [0.15, 0.2) is 30.3 Å². The number of carbonyl (C=O) groups is 2. The molecule has 0 radical (unpaired) electrons. The Balaban J connectivity index is 2.09. The minimum absolute atomic E-state index is 0.0290. The highest BCUT2D eigenvalue weighted by molar-refractivity contribution is 5.79. The molecule has 0 unspecified atom stereocenters. The van der Waals surface area contributed by atoms with E-state index in [0.29, 0.717) is 13.2 Å². The van der Waals surface area contributed by atoms with Crippen molar-refractivity contribution in [3.8, 4) is 5.75 Å². The molecule has 104 valence electrons. The number of carboxylic acids is 1. The molecule has 1 aromatic rings. The van der Waals surface area contributed by atoms with Crippen molar-refractivity contribution in [1.29, 1.82) is 0 Å². The molecule has 0 aliphatic carbocycles. The maximum atomic E-state index is 11.4. The first-order valence-corrected chi connectivity index (χ1v) is 6.00. The van der Waals surface area contributed by atoms with Gasteiger partial charge in [-0.1, -0.05) is 18.2 Å². The fourth-order valence-corrected chi connectivity index (χ4v) is 1.27. The van der Waals surface area contributed by atoms with E-state index in [9.17, 15) is 9.59 Å². The molecule has 1 atom stereocenters. The number of carboxylic acid groups (broad SMARTS) is 1. The monoisotopic (exact) mass is 266 g/mol. The SMILES string of the molecule is C[C@H](NCC(=O)NCCOc1ccccc1)C(=O)O. The van der Waals surface area contributed by atoms with Crippen molar-refractivity contribution in [2.24, 2.45) is 0 Å². The van der Waals surface area contributed by atoms with Crippen LogP contribution in [0.5, 0.6) is 5.75 Å². The first kappa shape index (κ1) is 15.0. The number of aliphatic carboxylic acids is 1. The van der Waals surface area contributed by atoms with E-state index in [1.165, 1.54) is 6.92 Å². The highest BCUT2D eigenvalue weighted by Gasteiger charge is 2.11. The van der Waals surface area contributed by atoms with Gasteiger partial charge in [-0.15, -0.1) is 0 Å². The van der Waals surface area contributed by atoms with Crippen LogP contribution < -0.4 is 15.4 Å². The van der Waals surface area contributed by atoms with Gasteiger partial charge >= 0.3 is 5.97 Å². The summed E-state index contributed by atoms with van der Waals surface area (Å²) in [7, 11) is 0. The van der Waals surface area contributed by atoms with Gasteiger partial charge in [-0.25, -0.2) is 0 Å². The number of carbonyl (C=O) groups excluding carboxylic acids is 1. The first-order valence-electron chi connectivity index (χ1n) is 6.00. The van der Waals surface area contributed by atoms with Crippen LogP contribution in [0.25, 0.3) is 0 Å². The number of rotatable bonds is 8. The van der Waals surface area contributed by atoms with Gasteiger partial charge in [0.2, 0.25) is 5.91 Å². The van der Waals surface area contributed by atoms with E-state index in [0.717, 1.165) is 5.75 Å². The lowest BCUT2D eigenvalue weighted by Crippen LogP contribution is -2.42. The maximum Gasteiger partial charge on any atom is 0.320 e. The largest absolute Gasteiger partial charge is 0.492 e. The molecule has 0 saturated heterocycles. The van der Waals surface area contributed by atoms with Gasteiger partial charge in [0.25, 0.3) is 0 Å². The van der Waals surface area contributed by atoms with E-state index in [1.807, 2.05) is 30.3 Å². The van der Waals surface area contributed by atoms with Gasteiger partial charge in [0.1, 0.15) is 18.4 Å². The summed E-state index contributed by atoms with van der Waals surface area (Å²) < 4.78 is 5.39. The summed E-state index contributed by atoms with van der Waals surface area (Å²) in [6.45, 7) is 2.19. The topological polar surface area (TPSA) is 87.7 Å². The van der Waals surface area contributed by atoms with Crippen LogP contribution in [0.3, 0.4) is 0 Å². The van der Waals surface area contributed by atoms with Crippen LogP contribution in [0.1, 0.15) is 6.92 Å². The van der Waals surface area contributed by atoms with E-state index in [2.05, 4.69) is 10.6 Å². The van der Waals surface area contributed by atoms with Crippen molar-refractivity contribution < 1.29 is 19.4 Å². The fourth-order valence-electron chi connectivity index (χ4n) is 1.27. The van der Waals surface area contributed by atoms with Crippen molar-refractivity contribution in [2.45, 2.75) is 13.0 Å². The zero-order valence-corrected chi connectivity index (χ0v) is 10.8. The number of ether oxygens (including phenoxy) is 1. The number of hydrogen-bond acceptors (Lipinski definition) is 4. The van der Waals surface area contributed by atoms with Gasteiger partial charge in [-0.3, -0.25) is 14.9 Å². The van der Waals surface area contributed by atoms with Crippen LogP contribution in [0, 0.1) is 0 Å². The summed E-state index contributed by atoms with van der Waals surface area (Å²) in [5.74, 6) is -0.501. The molecule has 19 heavy (non-hydrogen) atoms. The Kier molecular flexibility index (Phi) is 6.38. The van der Waals surface area contributed by atoms with Gasteiger partial charge < -0.3 is 15.2 Å².